The molecule has 12 nitrogen and oxygen atoms in total. The van der Waals surface area contributed by atoms with Crippen molar-refractivity contribution in [1.82, 2.24) is 19.6 Å². The fraction of sp³-hybridized carbons (Fsp3) is 0.919. The number of hydrogen-bond donors (Lipinski definition) is 1. The van der Waals surface area contributed by atoms with E-state index in [9.17, 15) is 19.5 Å². The minimum atomic E-state index is -1.48. The van der Waals surface area contributed by atoms with Crippen LogP contribution in [-0.4, -0.2) is 158 Å². The topological polar surface area (TPSA) is 121 Å². The van der Waals surface area contributed by atoms with Gasteiger partial charge in [0.1, 0.15) is 17.6 Å². The Bertz CT molecular complexity index is 1140. The van der Waals surface area contributed by atoms with Gasteiger partial charge >= 0.3 is 5.97 Å². The van der Waals surface area contributed by atoms with Gasteiger partial charge in [0.25, 0.3) is 0 Å². The Morgan fingerprint density at radius 2 is 1.63 bits per heavy atom. The number of carbonyl (C=O) groups excluding carboxylic acids is 3. The highest BCUT2D eigenvalue weighted by Gasteiger charge is 2.52. The van der Waals surface area contributed by atoms with Crippen molar-refractivity contribution >= 4 is 17.7 Å². The highest BCUT2D eigenvalue weighted by atomic mass is 16.7. The summed E-state index contributed by atoms with van der Waals surface area (Å²) >= 11 is 0. The number of hydrogen-bond acceptors (Lipinski definition) is 11. The van der Waals surface area contributed by atoms with Crippen LogP contribution in [0.25, 0.3) is 0 Å². The van der Waals surface area contributed by atoms with Crippen LogP contribution in [0.5, 0.6) is 0 Å². The average molecular weight is 697 g/mol. The summed E-state index contributed by atoms with van der Waals surface area (Å²) in [4.78, 5) is 49.7. The standard InChI is InChI=1S/C37H68N4O8/c1-23-20-37(10,46-14)31(49-32-29(42)27(38(11)12)19-24(2)47-32)25(3)30(43)36(8,9)34(45)48-26(4)28(39(13)21-23)22-40-15-17-41(18-16-40)33(44)35(5,6)7/h23-29,31-32,42H,15-22H2,1-14H3/t23-,24-,25+,26+,27+,28+,29-,31-,32+,37-/m1/s1. The molecule has 3 saturated heterocycles. The Morgan fingerprint density at radius 3 is 2.16 bits per heavy atom. The molecule has 10 atom stereocenters. The predicted octanol–water partition coefficient (Wildman–Crippen LogP) is 2.90. The lowest BCUT2D eigenvalue weighted by Crippen LogP contribution is -2.59. The predicted molar refractivity (Wildman–Crippen MR) is 189 cm³/mol. The van der Waals surface area contributed by atoms with Gasteiger partial charge in [-0.2, -0.15) is 0 Å². The summed E-state index contributed by atoms with van der Waals surface area (Å²) < 4.78 is 25.2. The van der Waals surface area contributed by atoms with Crippen molar-refractivity contribution in [2.24, 2.45) is 22.7 Å². The fourth-order valence-corrected chi connectivity index (χ4v) is 8.01. The van der Waals surface area contributed by atoms with E-state index in [0.29, 0.717) is 39.0 Å². The number of amides is 1. The molecule has 49 heavy (non-hydrogen) atoms. The zero-order valence-electron chi connectivity index (χ0n) is 32.9. The molecule has 0 radical (unpaired) electrons. The van der Waals surface area contributed by atoms with E-state index in [1.807, 2.05) is 65.4 Å². The largest absolute Gasteiger partial charge is 0.460 e. The van der Waals surface area contributed by atoms with E-state index >= 15 is 0 Å². The summed E-state index contributed by atoms with van der Waals surface area (Å²) in [6.45, 7) is 22.9. The lowest BCUT2D eigenvalue weighted by Gasteiger charge is -2.47. The van der Waals surface area contributed by atoms with Gasteiger partial charge in [0, 0.05) is 63.8 Å². The van der Waals surface area contributed by atoms with Crippen LogP contribution in [-0.2, 0) is 33.3 Å². The van der Waals surface area contributed by atoms with Gasteiger partial charge in [-0.15, -0.1) is 0 Å². The van der Waals surface area contributed by atoms with Crippen molar-refractivity contribution in [3.8, 4) is 0 Å². The van der Waals surface area contributed by atoms with Crippen LogP contribution in [0.15, 0.2) is 0 Å². The molecular formula is C37H68N4O8. The van der Waals surface area contributed by atoms with E-state index < -0.39 is 52.9 Å². The van der Waals surface area contributed by atoms with Gasteiger partial charge in [0.05, 0.1) is 23.9 Å². The lowest BCUT2D eigenvalue weighted by molar-refractivity contribution is -0.295. The summed E-state index contributed by atoms with van der Waals surface area (Å²) in [6.07, 6.45) is -2.25. The zero-order chi connectivity index (χ0) is 37.2. The molecule has 1 N–H and O–H groups in total. The summed E-state index contributed by atoms with van der Waals surface area (Å²) in [5, 5.41) is 11.4. The Kier molecular flexibility index (Phi) is 13.9. The molecule has 3 fully saturated rings. The van der Waals surface area contributed by atoms with Gasteiger partial charge in [-0.3, -0.25) is 24.2 Å². The smallest absolute Gasteiger partial charge is 0.319 e. The van der Waals surface area contributed by atoms with Crippen molar-refractivity contribution in [3.63, 3.8) is 0 Å². The number of methoxy groups -OCH3 is 1. The molecule has 3 aliphatic rings. The number of esters is 1. The van der Waals surface area contributed by atoms with E-state index in [1.165, 1.54) is 0 Å². The Labute approximate surface area is 296 Å². The number of Topliss-reactive ketones (excluding diaryl/α,β-unsaturated/α-hetero) is 1. The van der Waals surface area contributed by atoms with Crippen LogP contribution in [0, 0.1) is 22.7 Å². The van der Waals surface area contributed by atoms with Crippen LogP contribution in [0.3, 0.4) is 0 Å². The van der Waals surface area contributed by atoms with Crippen molar-refractivity contribution in [2.75, 3.05) is 67.5 Å². The van der Waals surface area contributed by atoms with E-state index in [2.05, 4.69) is 23.8 Å². The average Bonchev–Trinajstić information content (AvgIpc) is 3.01. The number of likely N-dealkylation sites (N-methyl/N-ethyl adjacent to an activating group) is 2. The summed E-state index contributed by atoms with van der Waals surface area (Å²) in [5.74, 6) is -1.45. The second-order valence-electron chi connectivity index (χ2n) is 17.2. The van der Waals surface area contributed by atoms with Crippen molar-refractivity contribution in [3.05, 3.63) is 0 Å². The number of ketones is 1. The molecule has 1 amide bonds. The normalized spacial score (nSPS) is 38.0. The Balaban J connectivity index is 1.93. The van der Waals surface area contributed by atoms with Crippen LogP contribution in [0.2, 0.25) is 0 Å². The number of piperazine rings is 1. The molecule has 3 aliphatic heterocycles. The number of aliphatic hydroxyl groups excluding tert-OH is 1. The van der Waals surface area contributed by atoms with Gasteiger partial charge in [0.2, 0.25) is 5.91 Å². The molecule has 0 aromatic rings. The minimum Gasteiger partial charge on any atom is -0.460 e. The second-order valence-corrected chi connectivity index (χ2v) is 17.2. The first-order valence-corrected chi connectivity index (χ1v) is 18.2. The molecular weight excluding hydrogens is 628 g/mol. The van der Waals surface area contributed by atoms with E-state index in [4.69, 9.17) is 18.9 Å². The Hall–Kier alpha value is -1.67. The number of ether oxygens (including phenoxy) is 4. The monoisotopic (exact) mass is 697 g/mol. The molecule has 12 heteroatoms. The van der Waals surface area contributed by atoms with Gasteiger partial charge < -0.3 is 33.9 Å². The van der Waals surface area contributed by atoms with Crippen molar-refractivity contribution < 1.29 is 38.4 Å². The number of aliphatic hydroxyl groups is 1. The quantitative estimate of drug-likeness (QED) is 0.326. The van der Waals surface area contributed by atoms with Gasteiger partial charge in [-0.1, -0.05) is 34.6 Å². The summed E-state index contributed by atoms with van der Waals surface area (Å²) in [7, 11) is 7.51. The summed E-state index contributed by atoms with van der Waals surface area (Å²) in [5.41, 5.74) is -2.86. The molecule has 0 spiro atoms. The molecule has 0 aromatic carbocycles. The van der Waals surface area contributed by atoms with Gasteiger partial charge in [-0.25, -0.2) is 0 Å². The number of carbonyl (C=O) groups is 3. The highest BCUT2D eigenvalue weighted by molar-refractivity contribution is 6.04. The fourth-order valence-electron chi connectivity index (χ4n) is 8.01. The SMILES string of the molecule is CO[C@]1(C)C[C@@H](C)CN(C)[C@@H](CN2CCN(C(=O)C(C)(C)C)CC2)[C@H](C)OC(=O)C(C)(C)C(=O)[C@H](C)[C@H]1O[C@@H]1O[C@H](C)C[C@H](N(C)C)[C@H]1O. The molecule has 0 bridgehead atoms. The Morgan fingerprint density at radius 1 is 1.04 bits per heavy atom. The number of cyclic esters (lactones) is 1. The first-order valence-electron chi connectivity index (χ1n) is 18.2. The van der Waals surface area contributed by atoms with Crippen LogP contribution >= 0.6 is 0 Å². The molecule has 3 rings (SSSR count). The molecule has 0 saturated carbocycles. The van der Waals surface area contributed by atoms with Crippen LogP contribution in [0.4, 0.5) is 0 Å². The maximum atomic E-state index is 14.4. The highest BCUT2D eigenvalue weighted by Crippen LogP contribution is 2.38. The second kappa shape index (κ2) is 16.3. The number of rotatable bonds is 6. The summed E-state index contributed by atoms with van der Waals surface area (Å²) in [6, 6.07) is -0.348. The van der Waals surface area contributed by atoms with Crippen molar-refractivity contribution in [2.45, 2.75) is 130 Å². The molecule has 0 aliphatic carbocycles. The van der Waals surface area contributed by atoms with E-state index in [-0.39, 0.29) is 35.8 Å². The van der Waals surface area contributed by atoms with E-state index in [0.717, 1.165) is 13.1 Å². The van der Waals surface area contributed by atoms with Gasteiger partial charge in [0.15, 0.2) is 12.1 Å². The molecule has 0 unspecified atom stereocenters. The maximum absolute atomic E-state index is 14.4. The van der Waals surface area contributed by atoms with Gasteiger partial charge in [-0.05, 0) is 74.5 Å². The lowest BCUT2D eigenvalue weighted by atomic mass is 9.74. The molecule has 0 aromatic heterocycles. The van der Waals surface area contributed by atoms with E-state index in [1.54, 1.807) is 27.9 Å². The van der Waals surface area contributed by atoms with Crippen LogP contribution in [0.1, 0.15) is 82.1 Å². The first kappa shape index (κ1) is 41.7. The molecule has 284 valence electrons. The van der Waals surface area contributed by atoms with Crippen LogP contribution < -0.4 is 0 Å². The minimum absolute atomic E-state index is 0.0921. The van der Waals surface area contributed by atoms with Crippen molar-refractivity contribution in [1.29, 1.82) is 0 Å². The third-order valence-electron chi connectivity index (χ3n) is 11.1. The third kappa shape index (κ3) is 9.81. The third-order valence-corrected chi connectivity index (χ3v) is 11.1. The zero-order valence-corrected chi connectivity index (χ0v) is 32.9. The maximum Gasteiger partial charge on any atom is 0.319 e. The molecule has 3 heterocycles. The number of nitrogens with zero attached hydrogens (tertiary/aromatic N) is 4. The first-order chi connectivity index (χ1) is 22.5.